The number of piperidine rings is 1. The average molecular weight is 193 g/mol. The van der Waals surface area contributed by atoms with Crippen molar-refractivity contribution in [1.29, 1.82) is 0 Å². The monoisotopic (exact) mass is 193 g/mol. The van der Waals surface area contributed by atoms with E-state index in [4.69, 9.17) is 0 Å². The number of hydrogen-bond acceptors (Lipinski definition) is 4. The molecule has 0 saturated carbocycles. The van der Waals surface area contributed by atoms with Gasteiger partial charge in [0.2, 0.25) is 0 Å². The molecule has 2 rings (SSSR count). The van der Waals surface area contributed by atoms with Gasteiger partial charge in [-0.15, -0.1) is 0 Å². The van der Waals surface area contributed by atoms with Crippen molar-refractivity contribution >= 4 is 0 Å². The van der Waals surface area contributed by atoms with E-state index in [0.717, 1.165) is 31.6 Å². The molecular formula is C10H15N3O. The van der Waals surface area contributed by atoms with E-state index in [2.05, 4.69) is 15.3 Å². The molecule has 76 valence electrons. The van der Waals surface area contributed by atoms with Gasteiger partial charge >= 0.3 is 0 Å². The van der Waals surface area contributed by atoms with Gasteiger partial charge in [0, 0.05) is 25.0 Å². The summed E-state index contributed by atoms with van der Waals surface area (Å²) in [6.07, 6.45) is 7.24. The van der Waals surface area contributed by atoms with Crippen LogP contribution in [0.15, 0.2) is 18.6 Å². The molecule has 1 aromatic heterocycles. The molecule has 0 bridgehead atoms. The first-order valence-electron chi connectivity index (χ1n) is 4.97. The number of aliphatic hydroxyl groups is 1. The Kier molecular flexibility index (Phi) is 2.74. The molecule has 0 aromatic carbocycles. The third kappa shape index (κ3) is 2.27. The second-order valence-electron chi connectivity index (χ2n) is 3.85. The van der Waals surface area contributed by atoms with Crippen molar-refractivity contribution < 1.29 is 5.11 Å². The van der Waals surface area contributed by atoms with Crippen molar-refractivity contribution in [3.8, 4) is 0 Å². The zero-order valence-electron chi connectivity index (χ0n) is 8.11. The van der Waals surface area contributed by atoms with Crippen LogP contribution in [0, 0.1) is 0 Å². The van der Waals surface area contributed by atoms with Crippen molar-refractivity contribution in [3.63, 3.8) is 0 Å². The molecule has 1 aromatic rings. The SMILES string of the molecule is OC1(Cc2cnccn2)CCNCC1. The molecule has 0 unspecified atom stereocenters. The normalized spacial score (nSPS) is 20.6. The highest BCUT2D eigenvalue weighted by molar-refractivity contribution is 5.02. The molecule has 0 aliphatic carbocycles. The van der Waals surface area contributed by atoms with E-state index in [0.29, 0.717) is 6.42 Å². The number of nitrogens with one attached hydrogen (secondary N) is 1. The van der Waals surface area contributed by atoms with Gasteiger partial charge in [-0.3, -0.25) is 9.97 Å². The Morgan fingerprint density at radius 1 is 1.36 bits per heavy atom. The molecule has 0 radical (unpaired) electrons. The number of hydrogen-bond donors (Lipinski definition) is 2. The lowest BCUT2D eigenvalue weighted by molar-refractivity contribution is 0.00994. The van der Waals surface area contributed by atoms with Gasteiger partial charge in [0.25, 0.3) is 0 Å². The van der Waals surface area contributed by atoms with Gasteiger partial charge < -0.3 is 10.4 Å². The summed E-state index contributed by atoms with van der Waals surface area (Å²) in [5.74, 6) is 0. The maximum absolute atomic E-state index is 10.2. The highest BCUT2D eigenvalue weighted by Gasteiger charge is 2.29. The molecule has 1 saturated heterocycles. The summed E-state index contributed by atoms with van der Waals surface area (Å²) >= 11 is 0. The summed E-state index contributed by atoms with van der Waals surface area (Å²) in [6.45, 7) is 1.77. The van der Waals surface area contributed by atoms with E-state index >= 15 is 0 Å². The maximum atomic E-state index is 10.2. The predicted molar refractivity (Wildman–Crippen MR) is 52.8 cm³/mol. The fourth-order valence-corrected chi connectivity index (χ4v) is 1.83. The highest BCUT2D eigenvalue weighted by Crippen LogP contribution is 2.21. The molecule has 0 spiro atoms. The Bertz CT molecular complexity index is 283. The summed E-state index contributed by atoms with van der Waals surface area (Å²) in [5.41, 5.74) is 0.290. The molecule has 1 aliphatic rings. The van der Waals surface area contributed by atoms with Crippen molar-refractivity contribution in [2.45, 2.75) is 24.9 Å². The molecule has 4 heteroatoms. The van der Waals surface area contributed by atoms with Crippen molar-refractivity contribution in [2.75, 3.05) is 13.1 Å². The van der Waals surface area contributed by atoms with Crippen molar-refractivity contribution in [2.24, 2.45) is 0 Å². The molecule has 2 heterocycles. The van der Waals surface area contributed by atoms with E-state index in [-0.39, 0.29) is 0 Å². The summed E-state index contributed by atoms with van der Waals surface area (Å²) in [5, 5.41) is 13.4. The zero-order valence-corrected chi connectivity index (χ0v) is 8.11. The summed E-state index contributed by atoms with van der Waals surface area (Å²) in [6, 6.07) is 0. The van der Waals surface area contributed by atoms with E-state index in [1.807, 2.05) is 0 Å². The summed E-state index contributed by atoms with van der Waals surface area (Å²) in [4.78, 5) is 8.17. The molecule has 2 N–H and O–H groups in total. The van der Waals surface area contributed by atoms with Gasteiger partial charge in [0.05, 0.1) is 11.3 Å². The Balaban J connectivity index is 2.02. The van der Waals surface area contributed by atoms with Crippen LogP contribution in [0.25, 0.3) is 0 Å². The lowest BCUT2D eigenvalue weighted by Crippen LogP contribution is -2.43. The Morgan fingerprint density at radius 3 is 2.79 bits per heavy atom. The molecule has 1 fully saturated rings. The minimum atomic E-state index is -0.582. The zero-order chi connectivity index (χ0) is 9.86. The van der Waals surface area contributed by atoms with E-state index in [1.165, 1.54) is 0 Å². The van der Waals surface area contributed by atoms with Crippen LogP contribution < -0.4 is 5.32 Å². The smallest absolute Gasteiger partial charge is 0.0727 e. The minimum absolute atomic E-state index is 0.582. The van der Waals surface area contributed by atoms with Crippen molar-refractivity contribution in [1.82, 2.24) is 15.3 Å². The summed E-state index contributed by atoms with van der Waals surface area (Å²) in [7, 11) is 0. The first-order chi connectivity index (χ1) is 6.79. The number of nitrogens with zero attached hydrogens (tertiary/aromatic N) is 2. The predicted octanol–water partition coefficient (Wildman–Crippen LogP) is 0.134. The lowest BCUT2D eigenvalue weighted by atomic mass is 9.88. The minimum Gasteiger partial charge on any atom is -0.389 e. The third-order valence-corrected chi connectivity index (χ3v) is 2.66. The van der Waals surface area contributed by atoms with Gasteiger partial charge in [-0.05, 0) is 25.9 Å². The Morgan fingerprint density at radius 2 is 2.14 bits per heavy atom. The number of rotatable bonds is 2. The third-order valence-electron chi connectivity index (χ3n) is 2.66. The average Bonchev–Trinajstić information content (AvgIpc) is 2.19. The van der Waals surface area contributed by atoms with Gasteiger partial charge in [-0.2, -0.15) is 0 Å². The lowest BCUT2D eigenvalue weighted by Gasteiger charge is -2.32. The van der Waals surface area contributed by atoms with Crippen LogP contribution in [0.4, 0.5) is 0 Å². The standard InChI is InChI=1S/C10H15N3O/c14-10(1-3-11-4-2-10)7-9-8-12-5-6-13-9/h5-6,8,11,14H,1-4,7H2. The second kappa shape index (κ2) is 4.02. The first kappa shape index (κ1) is 9.55. The molecule has 14 heavy (non-hydrogen) atoms. The van der Waals surface area contributed by atoms with Crippen LogP contribution in [-0.2, 0) is 6.42 Å². The van der Waals surface area contributed by atoms with E-state index in [1.54, 1.807) is 18.6 Å². The van der Waals surface area contributed by atoms with Crippen molar-refractivity contribution in [3.05, 3.63) is 24.3 Å². The van der Waals surface area contributed by atoms with Gasteiger partial charge in [0.15, 0.2) is 0 Å². The van der Waals surface area contributed by atoms with Gasteiger partial charge in [-0.25, -0.2) is 0 Å². The van der Waals surface area contributed by atoms with Crippen LogP contribution in [0.5, 0.6) is 0 Å². The van der Waals surface area contributed by atoms with Crippen LogP contribution in [0.3, 0.4) is 0 Å². The second-order valence-corrected chi connectivity index (χ2v) is 3.85. The van der Waals surface area contributed by atoms with Gasteiger partial charge in [-0.1, -0.05) is 0 Å². The molecule has 0 amide bonds. The fourth-order valence-electron chi connectivity index (χ4n) is 1.83. The number of aromatic nitrogens is 2. The fraction of sp³-hybridized carbons (Fsp3) is 0.600. The highest BCUT2D eigenvalue weighted by atomic mass is 16.3. The van der Waals surface area contributed by atoms with Crippen LogP contribution in [0.2, 0.25) is 0 Å². The largest absolute Gasteiger partial charge is 0.389 e. The molecular weight excluding hydrogens is 178 g/mol. The Hall–Kier alpha value is -1.00. The Labute approximate surface area is 83.4 Å². The van der Waals surface area contributed by atoms with E-state index < -0.39 is 5.60 Å². The van der Waals surface area contributed by atoms with Crippen LogP contribution in [-0.4, -0.2) is 33.8 Å². The first-order valence-corrected chi connectivity index (χ1v) is 4.97. The molecule has 1 aliphatic heterocycles. The topological polar surface area (TPSA) is 58.0 Å². The maximum Gasteiger partial charge on any atom is 0.0727 e. The molecule has 0 atom stereocenters. The van der Waals surface area contributed by atoms with E-state index in [9.17, 15) is 5.11 Å². The molecule has 4 nitrogen and oxygen atoms in total. The summed E-state index contributed by atoms with van der Waals surface area (Å²) < 4.78 is 0. The van der Waals surface area contributed by atoms with Crippen LogP contribution >= 0.6 is 0 Å². The van der Waals surface area contributed by atoms with Gasteiger partial charge in [0.1, 0.15) is 0 Å². The quantitative estimate of drug-likeness (QED) is 0.701. The van der Waals surface area contributed by atoms with Crippen LogP contribution in [0.1, 0.15) is 18.5 Å².